The summed E-state index contributed by atoms with van der Waals surface area (Å²) in [6.45, 7) is 2.48. The van der Waals surface area contributed by atoms with E-state index in [0.29, 0.717) is 105 Å². The Hall–Kier alpha value is -9.93. The number of hydrogen-bond acceptors (Lipinski definition) is 16. The van der Waals surface area contributed by atoms with Crippen molar-refractivity contribution in [1.82, 2.24) is 52.4 Å². The Balaban J connectivity index is 1.01. The lowest BCUT2D eigenvalue weighted by atomic mass is 9.82. The number of fused-ring (bicyclic) bond motifs is 9. The van der Waals surface area contributed by atoms with E-state index in [1.165, 1.54) is 42.7 Å². The van der Waals surface area contributed by atoms with Gasteiger partial charge in [0.2, 0.25) is 53.2 Å². The summed E-state index contributed by atoms with van der Waals surface area (Å²) in [7, 11) is 1.50. The normalized spacial score (nSPS) is 24.2. The number of nitrogens with two attached hydrogens (primary N) is 1. The van der Waals surface area contributed by atoms with Gasteiger partial charge in [-0.1, -0.05) is 91.0 Å². The number of ether oxygens (including phenoxy) is 1. The van der Waals surface area contributed by atoms with Gasteiger partial charge in [0.1, 0.15) is 65.7 Å². The number of nitrogens with one attached hydrogen (secondary N) is 9. The van der Waals surface area contributed by atoms with Gasteiger partial charge in [0.05, 0.1) is 20.1 Å². The van der Waals surface area contributed by atoms with Gasteiger partial charge in [0.25, 0.3) is 0 Å². The second-order valence-corrected chi connectivity index (χ2v) is 27.8. The molecule has 25 nitrogen and oxygen atoms in total. The number of rotatable bonds is 14. The van der Waals surface area contributed by atoms with Crippen LogP contribution >= 0.6 is 23.5 Å². The van der Waals surface area contributed by atoms with Crippen molar-refractivity contribution in [3.63, 3.8) is 0 Å². The molecule has 1 aromatic heterocycles. The Morgan fingerprint density at radius 1 is 0.693 bits per heavy atom. The fraction of sp³-hybridized carbons (Fsp3) is 0.397. The molecule has 532 valence electrons. The van der Waals surface area contributed by atoms with Gasteiger partial charge in [-0.2, -0.15) is 23.5 Å². The van der Waals surface area contributed by atoms with Crippen LogP contribution in [0.2, 0.25) is 0 Å². The summed E-state index contributed by atoms with van der Waals surface area (Å²) in [6.07, 6.45) is 2.92. The van der Waals surface area contributed by atoms with Crippen molar-refractivity contribution in [2.24, 2.45) is 15.7 Å². The molecule has 2 unspecified atom stereocenters. The van der Waals surface area contributed by atoms with Crippen LogP contribution in [-0.4, -0.2) is 173 Å². The molecule has 4 aliphatic heterocycles. The smallest absolute Gasteiger partial charge is 0.305 e. The van der Waals surface area contributed by atoms with Crippen molar-refractivity contribution in [2.75, 3.05) is 44.8 Å². The van der Waals surface area contributed by atoms with Gasteiger partial charge >= 0.3 is 5.97 Å². The molecule has 0 aliphatic carbocycles. The molecule has 28 heteroatoms. The van der Waals surface area contributed by atoms with Crippen molar-refractivity contribution in [3.05, 3.63) is 172 Å². The number of aliphatic carboxylic acids is 1. The van der Waals surface area contributed by atoms with Crippen LogP contribution in [0.25, 0.3) is 10.9 Å². The molecule has 101 heavy (non-hydrogen) atoms. The maximum absolute atomic E-state index is 15.6. The van der Waals surface area contributed by atoms with E-state index in [9.17, 15) is 29.1 Å². The van der Waals surface area contributed by atoms with Gasteiger partial charge in [0, 0.05) is 90.5 Å². The number of aromatic amines is 1. The monoisotopic (exact) mass is 1420 g/mol. The summed E-state index contributed by atoms with van der Waals surface area (Å²) in [4.78, 5) is 160. The SMILES string of the molecule is COc1ccc(C[C@@H]2NC(=O)[C@H](CC3=NC=NC3)NC(=O)[C@H](CC(=O)O)NC(=O)[C@H](Cc3c[nH]c4ccc(F)cc34)NC(=O)C3NC(=O)[C@H](NC(=O)[C@H](CCCCN)NC(=O)CCSCc4cccc(c4)CSCCNC(=O)[C@]4(C)CCCN4C2=O)c2ccccc2C3c2ccccc2)cc1. The summed E-state index contributed by atoms with van der Waals surface area (Å²) < 4.78 is 20.5. The molecule has 0 saturated carbocycles. The number of amides is 9. The average molecular weight is 1420 g/mol. The van der Waals surface area contributed by atoms with E-state index in [-0.39, 0.29) is 51.2 Å². The number of aliphatic imine (C=N–C) groups is 2. The minimum Gasteiger partial charge on any atom is -0.497 e. The van der Waals surface area contributed by atoms with Crippen LogP contribution in [0.3, 0.4) is 0 Å². The molecule has 10 rings (SSSR count). The third kappa shape index (κ3) is 19.1. The Morgan fingerprint density at radius 3 is 2.08 bits per heavy atom. The first-order valence-electron chi connectivity index (χ1n) is 33.7. The number of carbonyl (C=O) groups is 10. The van der Waals surface area contributed by atoms with E-state index in [1.807, 2.05) is 18.2 Å². The minimum atomic E-state index is -1.97. The van der Waals surface area contributed by atoms with Crippen molar-refractivity contribution in [3.8, 4) is 5.75 Å². The number of carboxylic acids is 1. The van der Waals surface area contributed by atoms with Gasteiger partial charge in [-0.3, -0.25) is 52.9 Å². The first kappa shape index (κ1) is 73.8. The molecule has 1 fully saturated rings. The van der Waals surface area contributed by atoms with Gasteiger partial charge in [0.15, 0.2) is 0 Å². The minimum absolute atomic E-state index is 0.0254. The highest BCUT2D eigenvalue weighted by atomic mass is 32.2. The Kier molecular flexibility index (Phi) is 25.5. The van der Waals surface area contributed by atoms with E-state index in [1.54, 1.807) is 109 Å². The molecule has 9 atom stereocenters. The Labute approximate surface area is 592 Å². The highest BCUT2D eigenvalue weighted by molar-refractivity contribution is 7.98. The van der Waals surface area contributed by atoms with Gasteiger partial charge in [-0.15, -0.1) is 0 Å². The summed E-state index contributed by atoms with van der Waals surface area (Å²) in [6, 6.07) is 23.5. The van der Waals surface area contributed by atoms with Crippen molar-refractivity contribution < 1.29 is 62.2 Å². The first-order chi connectivity index (χ1) is 48.8. The number of thioether (sulfide) groups is 2. The van der Waals surface area contributed by atoms with Crippen LogP contribution in [0, 0.1) is 5.82 Å². The van der Waals surface area contributed by atoms with Crippen molar-refractivity contribution in [2.45, 2.75) is 136 Å². The molecule has 0 radical (unpaired) electrons. The lowest BCUT2D eigenvalue weighted by Gasteiger charge is -2.36. The number of carbonyl (C=O) groups excluding carboxylic acids is 9. The first-order valence-corrected chi connectivity index (χ1v) is 36.0. The number of hydrogen-bond donors (Lipinski definition) is 11. The van der Waals surface area contributed by atoms with Gasteiger partial charge < -0.3 is 68.0 Å². The number of halogens is 1. The predicted molar refractivity (Wildman–Crippen MR) is 382 cm³/mol. The lowest BCUT2D eigenvalue weighted by Crippen LogP contribution is -2.62. The topological polar surface area (TPSA) is 366 Å². The molecule has 9 amide bonds. The highest BCUT2D eigenvalue weighted by Crippen LogP contribution is 2.37. The van der Waals surface area contributed by atoms with Crippen LogP contribution in [-0.2, 0) is 72.3 Å². The third-order valence-electron chi connectivity index (χ3n) is 18.5. The lowest BCUT2D eigenvalue weighted by molar-refractivity contribution is -0.146. The molecule has 0 spiro atoms. The molecule has 4 bridgehead atoms. The van der Waals surface area contributed by atoms with Crippen LogP contribution < -0.4 is 53.0 Å². The molecule has 6 aromatic rings. The molecular weight excluding hydrogens is 1330 g/mol. The number of benzene rings is 5. The maximum atomic E-state index is 15.6. The van der Waals surface area contributed by atoms with E-state index < -0.39 is 126 Å². The van der Waals surface area contributed by atoms with E-state index in [4.69, 9.17) is 10.5 Å². The molecule has 1 saturated heterocycles. The van der Waals surface area contributed by atoms with Gasteiger partial charge in [-0.25, -0.2) is 9.38 Å². The highest BCUT2D eigenvalue weighted by Gasteiger charge is 2.48. The number of aromatic nitrogens is 1. The van der Waals surface area contributed by atoms with Crippen LogP contribution in [0.1, 0.15) is 109 Å². The van der Waals surface area contributed by atoms with Crippen LogP contribution in [0.5, 0.6) is 5.75 Å². The zero-order chi connectivity index (χ0) is 71.6. The number of unbranched alkanes of at least 4 members (excludes halogenated alkanes) is 1. The summed E-state index contributed by atoms with van der Waals surface area (Å²) in [5.74, 6) is -7.52. The van der Waals surface area contributed by atoms with Crippen molar-refractivity contribution >= 4 is 106 Å². The standard InChI is InChI=1S/C73H84FN13O12S2/c1-73-26-11-29-87(73)71(97)59(33-43-19-22-50(99-2)23-20-43)84-67(93)57(36-49-39-76-42-79-49)81-68(94)58(37-61(89)90)82-66(92)56(34-47-38-78-54-24-21-48(74)35-53(47)54)83-70(96)64-62(46-14-4-3-5-15-46)51-16-6-7-17-52(51)63(69(95)86-64)85-65(91)55(18-8-9-27-75)80-60(88)25-30-100-40-44-12-10-13-45(32-44)41-101-31-28-77-72(73)98/h3-7,10,12-17,19-24,32,35,38,42,55-59,62-64,78H,8-9,11,18,25-31,33-34,36-37,39-41,75H2,1-2H3,(H,77,98)(H,80,88)(H,81,94)(H,82,92)(H,83,96)(H,84,93)(H,85,91)(H,86,95)(H,89,90)/t55-,56-,57-,58-,59-,62?,63+,64?,73-/m0/s1. The maximum Gasteiger partial charge on any atom is 0.305 e. The second kappa shape index (κ2) is 34.9. The third-order valence-corrected chi connectivity index (χ3v) is 20.5. The Bertz CT molecular complexity index is 4080. The zero-order valence-electron chi connectivity index (χ0n) is 56.1. The fourth-order valence-electron chi connectivity index (χ4n) is 13.2. The predicted octanol–water partition coefficient (Wildman–Crippen LogP) is 4.56. The van der Waals surface area contributed by atoms with E-state index in [0.717, 1.165) is 11.1 Å². The summed E-state index contributed by atoms with van der Waals surface area (Å²) >= 11 is 3.15. The van der Waals surface area contributed by atoms with Crippen LogP contribution in [0.4, 0.5) is 4.39 Å². The zero-order valence-corrected chi connectivity index (χ0v) is 57.7. The summed E-state index contributed by atoms with van der Waals surface area (Å²) in [5, 5.41) is 33.2. The summed E-state index contributed by atoms with van der Waals surface area (Å²) in [5.41, 5.74) is 9.59. The van der Waals surface area contributed by atoms with E-state index >= 15 is 28.4 Å². The number of H-pyrrole nitrogens is 1. The molecule has 5 aromatic carbocycles. The average Bonchev–Trinajstić information content (AvgIpc) is 1.66. The largest absolute Gasteiger partial charge is 0.497 e. The van der Waals surface area contributed by atoms with Crippen LogP contribution in [0.15, 0.2) is 138 Å². The van der Waals surface area contributed by atoms with Crippen molar-refractivity contribution in [1.29, 1.82) is 0 Å². The second-order valence-electron chi connectivity index (χ2n) is 25.6. The van der Waals surface area contributed by atoms with Gasteiger partial charge in [-0.05, 0) is 115 Å². The number of methoxy groups -OCH3 is 1. The number of carboxylic acid groups (broad SMARTS) is 1. The fourth-order valence-corrected chi connectivity index (χ4v) is 14.9. The van der Waals surface area contributed by atoms with E-state index in [2.05, 4.69) is 63.6 Å². The Morgan fingerprint density at radius 2 is 1.37 bits per heavy atom. The number of nitrogens with zero attached hydrogens (tertiary/aromatic N) is 3. The molecule has 12 N–H and O–H groups in total. The quantitative estimate of drug-likeness (QED) is 0.0666. The molecular formula is C73H84FN13O12S2. The molecule has 5 heterocycles. The molecule has 4 aliphatic rings.